The highest BCUT2D eigenvalue weighted by Crippen LogP contribution is 2.43. The Balaban J connectivity index is 1.91. The molecule has 0 radical (unpaired) electrons. The van der Waals surface area contributed by atoms with E-state index in [1.54, 1.807) is 13.8 Å². The van der Waals surface area contributed by atoms with Gasteiger partial charge >= 0.3 is 0 Å². The molecule has 0 bridgehead atoms. The molecule has 7 heteroatoms. The van der Waals surface area contributed by atoms with Gasteiger partial charge in [-0.2, -0.15) is 0 Å². The van der Waals surface area contributed by atoms with Crippen molar-refractivity contribution in [2.24, 2.45) is 0 Å². The lowest BCUT2D eigenvalue weighted by Gasteiger charge is -2.44. The molecule has 3 heterocycles. The maximum absolute atomic E-state index is 9.52. The normalized spacial score (nSPS) is 44.7. The molecule has 3 fully saturated rings. The summed E-state index contributed by atoms with van der Waals surface area (Å²) in [7, 11) is 0. The van der Waals surface area contributed by atoms with E-state index in [-0.39, 0.29) is 20.0 Å². The SMILES string of the molecule is CC1(C)O[C@H]2OC(CO)(CO)[C@@H]3OCO[C@@H]3[C@H]2O1. The van der Waals surface area contributed by atoms with E-state index in [2.05, 4.69) is 0 Å². The van der Waals surface area contributed by atoms with E-state index in [0.717, 1.165) is 0 Å². The highest BCUT2D eigenvalue weighted by molar-refractivity contribution is 5.05. The van der Waals surface area contributed by atoms with Gasteiger partial charge in [0.15, 0.2) is 12.1 Å². The van der Waals surface area contributed by atoms with Gasteiger partial charge in [0.05, 0.1) is 13.2 Å². The van der Waals surface area contributed by atoms with Crippen LogP contribution in [0.3, 0.4) is 0 Å². The topological polar surface area (TPSA) is 86.6 Å². The number of fused-ring (bicyclic) bond motifs is 3. The summed E-state index contributed by atoms with van der Waals surface area (Å²) >= 11 is 0. The largest absolute Gasteiger partial charge is 0.393 e. The van der Waals surface area contributed by atoms with E-state index >= 15 is 0 Å². The monoisotopic (exact) mass is 262 g/mol. The Morgan fingerprint density at radius 3 is 2.39 bits per heavy atom. The number of hydrogen-bond donors (Lipinski definition) is 2. The van der Waals surface area contributed by atoms with Crippen LogP contribution < -0.4 is 0 Å². The van der Waals surface area contributed by atoms with Crippen LogP contribution in [0.25, 0.3) is 0 Å². The molecule has 0 aliphatic carbocycles. The van der Waals surface area contributed by atoms with E-state index in [1.807, 2.05) is 0 Å². The van der Waals surface area contributed by atoms with Crippen LogP contribution in [0.1, 0.15) is 13.8 Å². The van der Waals surface area contributed by atoms with Crippen LogP contribution in [0.5, 0.6) is 0 Å². The van der Waals surface area contributed by atoms with Crippen LogP contribution in [-0.4, -0.2) is 66.2 Å². The maximum atomic E-state index is 9.52. The van der Waals surface area contributed by atoms with Gasteiger partial charge in [0.1, 0.15) is 30.7 Å². The average molecular weight is 262 g/mol. The van der Waals surface area contributed by atoms with E-state index < -0.39 is 36.0 Å². The predicted molar refractivity (Wildman–Crippen MR) is 56.4 cm³/mol. The van der Waals surface area contributed by atoms with E-state index in [9.17, 15) is 10.2 Å². The molecule has 0 spiro atoms. The molecule has 3 aliphatic heterocycles. The standard InChI is InChI=1S/C11H18O7/c1-10(2)16-7-6-8(15-5-14-6)11(3-12,4-13)18-9(7)17-10/h6-9,12-13H,3-5H2,1-2H3/t6-,7-,8-,9+/m1/s1. The van der Waals surface area contributed by atoms with Gasteiger partial charge in [0.2, 0.25) is 0 Å². The lowest BCUT2D eigenvalue weighted by atomic mass is 9.88. The molecular formula is C11H18O7. The second-order valence-corrected chi connectivity index (χ2v) is 5.30. The van der Waals surface area contributed by atoms with Crippen molar-refractivity contribution in [1.82, 2.24) is 0 Å². The minimum Gasteiger partial charge on any atom is -0.393 e. The first-order chi connectivity index (χ1) is 8.51. The van der Waals surface area contributed by atoms with Crippen molar-refractivity contribution >= 4 is 0 Å². The maximum Gasteiger partial charge on any atom is 0.190 e. The quantitative estimate of drug-likeness (QED) is 0.657. The van der Waals surface area contributed by atoms with Gasteiger partial charge in [0, 0.05) is 0 Å². The molecule has 3 rings (SSSR count). The van der Waals surface area contributed by atoms with Crippen molar-refractivity contribution in [2.45, 2.75) is 49.8 Å². The van der Waals surface area contributed by atoms with Gasteiger partial charge in [-0.05, 0) is 13.8 Å². The molecule has 18 heavy (non-hydrogen) atoms. The van der Waals surface area contributed by atoms with Gasteiger partial charge in [-0.1, -0.05) is 0 Å². The Labute approximate surface area is 105 Å². The summed E-state index contributed by atoms with van der Waals surface area (Å²) in [5.74, 6) is -0.785. The van der Waals surface area contributed by atoms with Crippen molar-refractivity contribution in [3.63, 3.8) is 0 Å². The lowest BCUT2D eigenvalue weighted by molar-refractivity contribution is -0.292. The van der Waals surface area contributed by atoms with Gasteiger partial charge in [-0.3, -0.25) is 0 Å². The van der Waals surface area contributed by atoms with Gasteiger partial charge in [-0.15, -0.1) is 0 Å². The third kappa shape index (κ3) is 1.70. The van der Waals surface area contributed by atoms with Crippen molar-refractivity contribution in [1.29, 1.82) is 0 Å². The summed E-state index contributed by atoms with van der Waals surface area (Å²) in [6, 6.07) is 0. The third-order valence-electron chi connectivity index (χ3n) is 3.62. The van der Waals surface area contributed by atoms with Crippen molar-refractivity contribution < 1.29 is 33.9 Å². The molecule has 2 N–H and O–H groups in total. The minimum absolute atomic E-state index is 0.0907. The molecule has 0 amide bonds. The number of ether oxygens (including phenoxy) is 5. The zero-order chi connectivity index (χ0) is 13.0. The fraction of sp³-hybridized carbons (Fsp3) is 1.00. The van der Waals surface area contributed by atoms with Crippen LogP contribution in [0, 0.1) is 0 Å². The summed E-state index contributed by atoms with van der Waals surface area (Å²) in [4.78, 5) is 0. The highest BCUT2D eigenvalue weighted by Gasteiger charge is 2.63. The Bertz CT molecular complexity index is 327. The molecule has 0 unspecified atom stereocenters. The fourth-order valence-corrected chi connectivity index (χ4v) is 2.77. The summed E-state index contributed by atoms with van der Waals surface area (Å²) in [5.41, 5.74) is -1.22. The molecule has 3 aliphatic rings. The van der Waals surface area contributed by atoms with Gasteiger partial charge in [0.25, 0.3) is 0 Å². The molecule has 104 valence electrons. The number of rotatable bonds is 2. The molecule has 0 aromatic carbocycles. The molecular weight excluding hydrogens is 244 g/mol. The van der Waals surface area contributed by atoms with Crippen molar-refractivity contribution in [3.05, 3.63) is 0 Å². The number of aliphatic hydroxyl groups is 2. The minimum atomic E-state index is -1.22. The smallest absolute Gasteiger partial charge is 0.190 e. The van der Waals surface area contributed by atoms with Crippen LogP contribution in [0.4, 0.5) is 0 Å². The molecule has 7 nitrogen and oxygen atoms in total. The Morgan fingerprint density at radius 2 is 1.72 bits per heavy atom. The predicted octanol–water partition coefficient (Wildman–Crippen LogP) is -1.04. The first-order valence-electron chi connectivity index (χ1n) is 6.00. The van der Waals surface area contributed by atoms with E-state index in [0.29, 0.717) is 0 Å². The van der Waals surface area contributed by atoms with Gasteiger partial charge in [-0.25, -0.2) is 0 Å². The van der Waals surface area contributed by atoms with Crippen LogP contribution in [-0.2, 0) is 23.7 Å². The molecule has 4 atom stereocenters. The van der Waals surface area contributed by atoms with Crippen molar-refractivity contribution in [2.75, 3.05) is 20.0 Å². The number of hydrogen-bond acceptors (Lipinski definition) is 7. The number of aliphatic hydroxyl groups excluding tert-OH is 2. The second kappa shape index (κ2) is 4.11. The Kier molecular flexibility index (Phi) is 2.91. The summed E-state index contributed by atoms with van der Waals surface area (Å²) in [5, 5.41) is 19.0. The summed E-state index contributed by atoms with van der Waals surface area (Å²) < 4.78 is 28.0. The first-order valence-corrected chi connectivity index (χ1v) is 6.00. The Morgan fingerprint density at radius 1 is 1.00 bits per heavy atom. The molecule has 0 aromatic rings. The van der Waals surface area contributed by atoms with E-state index in [1.165, 1.54) is 0 Å². The Hall–Kier alpha value is -0.280. The second-order valence-electron chi connectivity index (χ2n) is 5.30. The molecule has 0 saturated carbocycles. The van der Waals surface area contributed by atoms with Crippen molar-refractivity contribution in [3.8, 4) is 0 Å². The van der Waals surface area contributed by atoms with Gasteiger partial charge < -0.3 is 33.9 Å². The van der Waals surface area contributed by atoms with Crippen LogP contribution >= 0.6 is 0 Å². The zero-order valence-electron chi connectivity index (χ0n) is 10.4. The third-order valence-corrected chi connectivity index (χ3v) is 3.62. The first kappa shape index (κ1) is 12.7. The summed E-state index contributed by atoms with van der Waals surface area (Å²) in [6.07, 6.45) is -2.07. The summed E-state index contributed by atoms with van der Waals surface area (Å²) in [6.45, 7) is 2.90. The fourth-order valence-electron chi connectivity index (χ4n) is 2.77. The zero-order valence-corrected chi connectivity index (χ0v) is 10.4. The molecule has 3 saturated heterocycles. The lowest BCUT2D eigenvalue weighted by Crippen LogP contribution is -2.65. The van der Waals surface area contributed by atoms with Crippen LogP contribution in [0.2, 0.25) is 0 Å². The van der Waals surface area contributed by atoms with Crippen LogP contribution in [0.15, 0.2) is 0 Å². The van der Waals surface area contributed by atoms with E-state index in [4.69, 9.17) is 23.7 Å². The molecule has 0 aromatic heterocycles. The highest BCUT2D eigenvalue weighted by atomic mass is 16.9. The average Bonchev–Trinajstić information content (AvgIpc) is 2.90.